The molecule has 98 valence electrons. The molecule has 0 saturated heterocycles. The summed E-state index contributed by atoms with van der Waals surface area (Å²) in [7, 11) is 0. The van der Waals surface area contributed by atoms with Crippen LogP contribution >= 0.6 is 27.5 Å². The van der Waals surface area contributed by atoms with E-state index in [4.69, 9.17) is 11.6 Å². The number of hydrogen-bond acceptors (Lipinski definition) is 2. The van der Waals surface area contributed by atoms with Crippen molar-refractivity contribution < 1.29 is 9.18 Å². The first kappa shape index (κ1) is 13.8. The number of nitrogens with one attached hydrogen (secondary N) is 2. The molecular weight excluding hydrogens is 322 g/mol. The number of benzene rings is 1. The first-order chi connectivity index (χ1) is 8.56. The lowest BCUT2D eigenvalue weighted by Gasteiger charge is -2.10. The molecule has 0 aliphatic heterocycles. The maximum Gasteiger partial charge on any atom is 0.238 e. The average molecular weight is 336 g/mol. The number of carbonyl (C=O) groups is 1. The second-order valence-electron chi connectivity index (χ2n) is 4.37. The van der Waals surface area contributed by atoms with Crippen molar-refractivity contribution in [2.45, 2.75) is 12.8 Å². The lowest BCUT2D eigenvalue weighted by molar-refractivity contribution is -0.115. The van der Waals surface area contributed by atoms with E-state index >= 15 is 0 Å². The number of rotatable bonds is 5. The fraction of sp³-hybridized carbons (Fsp3) is 0.417. The van der Waals surface area contributed by atoms with Crippen LogP contribution in [0, 0.1) is 11.7 Å². The second kappa shape index (κ2) is 5.99. The number of hydrogen-bond donors (Lipinski definition) is 2. The van der Waals surface area contributed by atoms with E-state index in [0.29, 0.717) is 10.2 Å². The molecule has 1 fully saturated rings. The van der Waals surface area contributed by atoms with Crippen molar-refractivity contribution in [1.29, 1.82) is 0 Å². The zero-order valence-corrected chi connectivity index (χ0v) is 11.9. The summed E-state index contributed by atoms with van der Waals surface area (Å²) in [4.78, 5) is 11.7. The molecular formula is C12H13BrClFN2O. The van der Waals surface area contributed by atoms with E-state index in [2.05, 4.69) is 26.6 Å². The molecule has 1 aromatic carbocycles. The van der Waals surface area contributed by atoms with E-state index in [-0.39, 0.29) is 17.5 Å². The van der Waals surface area contributed by atoms with Crippen molar-refractivity contribution in [3.8, 4) is 0 Å². The van der Waals surface area contributed by atoms with Crippen LogP contribution in [0.2, 0.25) is 5.02 Å². The minimum absolute atomic E-state index is 0.178. The number of anilines is 1. The van der Waals surface area contributed by atoms with Crippen LogP contribution in [0.3, 0.4) is 0 Å². The number of amides is 1. The van der Waals surface area contributed by atoms with E-state index in [1.54, 1.807) is 0 Å². The van der Waals surface area contributed by atoms with Gasteiger partial charge in [0.2, 0.25) is 5.91 Å². The van der Waals surface area contributed by atoms with Gasteiger partial charge in [-0.2, -0.15) is 0 Å². The Morgan fingerprint density at radius 3 is 2.83 bits per heavy atom. The Hall–Kier alpha value is -0.650. The Labute approximate surface area is 118 Å². The predicted molar refractivity (Wildman–Crippen MR) is 73.3 cm³/mol. The Morgan fingerprint density at radius 2 is 2.22 bits per heavy atom. The van der Waals surface area contributed by atoms with E-state index in [1.165, 1.54) is 25.0 Å². The van der Waals surface area contributed by atoms with Gasteiger partial charge >= 0.3 is 0 Å². The molecule has 0 aromatic heterocycles. The zero-order valence-electron chi connectivity index (χ0n) is 9.60. The van der Waals surface area contributed by atoms with Crippen LogP contribution in [0.15, 0.2) is 16.6 Å². The normalized spacial score (nSPS) is 14.6. The first-order valence-corrected chi connectivity index (χ1v) is 6.88. The average Bonchev–Trinajstić information content (AvgIpc) is 3.07. The van der Waals surface area contributed by atoms with Crippen LogP contribution in [-0.4, -0.2) is 19.0 Å². The van der Waals surface area contributed by atoms with Crippen LogP contribution in [0.25, 0.3) is 0 Å². The summed E-state index contributed by atoms with van der Waals surface area (Å²) in [6.45, 7) is 1.10. The van der Waals surface area contributed by atoms with Gasteiger partial charge in [0, 0.05) is 4.47 Å². The van der Waals surface area contributed by atoms with Crippen LogP contribution in [0.4, 0.5) is 10.1 Å². The highest BCUT2D eigenvalue weighted by Gasteiger charge is 2.20. The van der Waals surface area contributed by atoms with Crippen LogP contribution < -0.4 is 10.6 Å². The maximum atomic E-state index is 13.0. The molecule has 2 rings (SSSR count). The molecule has 2 N–H and O–H groups in total. The summed E-state index contributed by atoms with van der Waals surface area (Å²) in [5.41, 5.74) is 0.399. The third-order valence-corrected chi connectivity index (χ3v) is 3.61. The van der Waals surface area contributed by atoms with Crippen molar-refractivity contribution in [3.63, 3.8) is 0 Å². The van der Waals surface area contributed by atoms with Gasteiger partial charge in [0.15, 0.2) is 0 Å². The highest BCUT2D eigenvalue weighted by Crippen LogP contribution is 2.31. The third-order valence-electron chi connectivity index (χ3n) is 2.69. The predicted octanol–water partition coefficient (Wildman–Crippen LogP) is 3.18. The maximum absolute atomic E-state index is 13.0. The summed E-state index contributed by atoms with van der Waals surface area (Å²) in [5.74, 6) is 0.0838. The lowest BCUT2D eigenvalue weighted by atomic mass is 10.3. The number of halogens is 3. The Balaban J connectivity index is 1.89. The molecule has 3 nitrogen and oxygen atoms in total. The van der Waals surface area contributed by atoms with Crippen molar-refractivity contribution >= 4 is 39.1 Å². The lowest BCUT2D eigenvalue weighted by Crippen LogP contribution is -2.29. The monoisotopic (exact) mass is 334 g/mol. The molecule has 1 aliphatic rings. The fourth-order valence-electron chi connectivity index (χ4n) is 1.56. The van der Waals surface area contributed by atoms with Gasteiger partial charge in [0.1, 0.15) is 5.82 Å². The van der Waals surface area contributed by atoms with Crippen LogP contribution in [0.5, 0.6) is 0 Å². The van der Waals surface area contributed by atoms with Gasteiger partial charge in [-0.05, 0) is 53.4 Å². The molecule has 0 atom stereocenters. The Morgan fingerprint density at radius 1 is 1.50 bits per heavy atom. The molecule has 0 spiro atoms. The fourth-order valence-corrected chi connectivity index (χ4v) is 2.46. The molecule has 6 heteroatoms. The largest absolute Gasteiger partial charge is 0.323 e. The van der Waals surface area contributed by atoms with Crippen molar-refractivity contribution in [2.75, 3.05) is 18.4 Å². The topological polar surface area (TPSA) is 41.1 Å². The summed E-state index contributed by atoms with van der Waals surface area (Å²) < 4.78 is 13.4. The van der Waals surface area contributed by atoms with E-state index in [9.17, 15) is 9.18 Å². The van der Waals surface area contributed by atoms with Gasteiger partial charge in [-0.15, -0.1) is 0 Å². The Bertz CT molecular complexity index is 442. The van der Waals surface area contributed by atoms with Gasteiger partial charge in [-0.3, -0.25) is 4.79 Å². The summed E-state index contributed by atoms with van der Waals surface area (Å²) in [5, 5.41) is 5.90. The molecule has 0 unspecified atom stereocenters. The van der Waals surface area contributed by atoms with Crippen molar-refractivity contribution in [3.05, 3.63) is 27.4 Å². The summed E-state index contributed by atoms with van der Waals surface area (Å²) in [6.07, 6.45) is 2.48. The molecule has 0 heterocycles. The Kier molecular flexibility index (Phi) is 4.59. The molecule has 1 aromatic rings. The number of carbonyl (C=O) groups excluding carboxylic acids is 1. The smallest absolute Gasteiger partial charge is 0.238 e. The van der Waals surface area contributed by atoms with Gasteiger partial charge in [0.25, 0.3) is 0 Å². The van der Waals surface area contributed by atoms with Gasteiger partial charge in [-0.1, -0.05) is 11.6 Å². The zero-order chi connectivity index (χ0) is 13.1. The highest BCUT2D eigenvalue weighted by atomic mass is 79.9. The minimum Gasteiger partial charge on any atom is -0.323 e. The SMILES string of the molecule is O=C(CNCC1CC1)Nc1c(Cl)cc(F)cc1Br. The van der Waals surface area contributed by atoms with Gasteiger partial charge < -0.3 is 10.6 Å². The molecule has 1 aliphatic carbocycles. The molecule has 0 radical (unpaired) electrons. The van der Waals surface area contributed by atoms with Crippen LogP contribution in [0.1, 0.15) is 12.8 Å². The standard InChI is InChI=1S/C12H13BrClFN2O/c13-9-3-8(15)4-10(14)12(9)17-11(18)6-16-5-7-1-2-7/h3-4,7,16H,1-2,5-6H2,(H,17,18). The summed E-state index contributed by atoms with van der Waals surface area (Å²) >= 11 is 9.04. The minimum atomic E-state index is -0.447. The second-order valence-corrected chi connectivity index (χ2v) is 5.63. The van der Waals surface area contributed by atoms with Gasteiger partial charge in [0.05, 0.1) is 17.3 Å². The molecule has 1 amide bonds. The molecule has 1 saturated carbocycles. The van der Waals surface area contributed by atoms with E-state index < -0.39 is 5.82 Å². The van der Waals surface area contributed by atoms with Crippen molar-refractivity contribution in [1.82, 2.24) is 5.32 Å². The molecule has 0 bridgehead atoms. The molecule has 18 heavy (non-hydrogen) atoms. The van der Waals surface area contributed by atoms with E-state index in [1.807, 2.05) is 0 Å². The van der Waals surface area contributed by atoms with E-state index in [0.717, 1.165) is 12.5 Å². The third kappa shape index (κ3) is 3.93. The quantitative estimate of drug-likeness (QED) is 0.868. The summed E-state index contributed by atoms with van der Waals surface area (Å²) in [6, 6.07) is 2.43. The highest BCUT2D eigenvalue weighted by molar-refractivity contribution is 9.10. The first-order valence-electron chi connectivity index (χ1n) is 5.71. The van der Waals surface area contributed by atoms with Crippen molar-refractivity contribution in [2.24, 2.45) is 5.92 Å². The van der Waals surface area contributed by atoms with Gasteiger partial charge in [-0.25, -0.2) is 4.39 Å². The van der Waals surface area contributed by atoms with Crippen LogP contribution in [-0.2, 0) is 4.79 Å².